The zero-order valence-electron chi connectivity index (χ0n) is 20.6. The minimum Gasteiger partial charge on any atom is -0.403 e. The minimum atomic E-state index is -3.45. The van der Waals surface area contributed by atoms with Crippen molar-refractivity contribution in [3.05, 3.63) is 73.9 Å². The van der Waals surface area contributed by atoms with Crippen LogP contribution in [-0.2, 0) is 21.8 Å². The van der Waals surface area contributed by atoms with E-state index >= 15 is 0 Å². The van der Waals surface area contributed by atoms with Crippen LogP contribution >= 0.6 is 23.2 Å². The number of benzene rings is 2. The van der Waals surface area contributed by atoms with Crippen LogP contribution in [0, 0.1) is 13.8 Å². The van der Waals surface area contributed by atoms with Gasteiger partial charge < -0.3 is 4.74 Å². The molecule has 0 aliphatic carbocycles. The van der Waals surface area contributed by atoms with Crippen molar-refractivity contribution >= 4 is 44.8 Å². The van der Waals surface area contributed by atoms with Gasteiger partial charge in [-0.2, -0.15) is 5.10 Å². The van der Waals surface area contributed by atoms with Crippen LogP contribution in [-0.4, -0.2) is 35.7 Å². The number of fused-ring (bicyclic) bond motifs is 1. The van der Waals surface area contributed by atoms with Gasteiger partial charge in [0.25, 0.3) is 0 Å². The van der Waals surface area contributed by atoms with Gasteiger partial charge in [0.15, 0.2) is 15.6 Å². The van der Waals surface area contributed by atoms with Crippen LogP contribution in [0.15, 0.2) is 35.4 Å². The molecule has 190 valence electrons. The van der Waals surface area contributed by atoms with Crippen molar-refractivity contribution in [2.75, 3.05) is 5.75 Å². The maximum Gasteiger partial charge on any atom is 0.346 e. The molecule has 1 aromatic heterocycles. The van der Waals surface area contributed by atoms with Crippen LogP contribution in [0.1, 0.15) is 70.2 Å². The van der Waals surface area contributed by atoms with E-state index in [4.69, 9.17) is 27.9 Å². The fraction of sp³-hybridized carbons (Fsp3) is 0.346. The number of carbonyl (C=O) groups excluding carboxylic acids is 2. The van der Waals surface area contributed by atoms with Crippen molar-refractivity contribution < 1.29 is 22.7 Å². The van der Waals surface area contributed by atoms with Gasteiger partial charge in [-0.05, 0) is 73.6 Å². The summed E-state index contributed by atoms with van der Waals surface area (Å²) in [5.41, 5.74) is 1.86. The molecule has 0 fully saturated rings. The summed E-state index contributed by atoms with van der Waals surface area (Å²) in [5.74, 6) is -1.12. The highest BCUT2D eigenvalue weighted by molar-refractivity contribution is 7.91. The van der Waals surface area contributed by atoms with Gasteiger partial charge in [0.1, 0.15) is 5.56 Å². The normalized spacial score (nSPS) is 15.9. The van der Waals surface area contributed by atoms with E-state index in [1.807, 2.05) is 13.8 Å². The Kier molecular flexibility index (Phi) is 6.83. The molecule has 2 heterocycles. The Morgan fingerprint density at radius 1 is 1.11 bits per heavy atom. The molecule has 0 saturated carbocycles. The molecule has 0 amide bonds. The quantitative estimate of drug-likeness (QED) is 0.298. The molecular weight excluding hydrogens is 523 g/mol. The number of ketones is 1. The molecule has 0 atom stereocenters. The number of hydrogen-bond donors (Lipinski definition) is 0. The molecule has 0 saturated heterocycles. The summed E-state index contributed by atoms with van der Waals surface area (Å²) in [7, 11) is -3.45. The van der Waals surface area contributed by atoms with Crippen LogP contribution < -0.4 is 4.74 Å². The molecule has 7 nitrogen and oxygen atoms in total. The second kappa shape index (κ2) is 9.32. The average molecular weight is 549 g/mol. The minimum absolute atomic E-state index is 0.0137. The van der Waals surface area contributed by atoms with Gasteiger partial charge in [-0.15, -0.1) is 0 Å². The molecule has 0 radical (unpaired) electrons. The van der Waals surface area contributed by atoms with Crippen molar-refractivity contribution in [3.8, 4) is 5.88 Å². The highest BCUT2D eigenvalue weighted by Crippen LogP contribution is 2.43. The van der Waals surface area contributed by atoms with E-state index in [1.54, 1.807) is 26.8 Å². The Hall–Kier alpha value is -2.68. The van der Waals surface area contributed by atoms with Crippen LogP contribution in [0.25, 0.3) is 0 Å². The smallest absolute Gasteiger partial charge is 0.346 e. The van der Waals surface area contributed by atoms with E-state index in [0.717, 1.165) is 0 Å². The first kappa shape index (κ1) is 26.4. The Balaban J connectivity index is 1.82. The second-order valence-electron chi connectivity index (χ2n) is 9.54. The molecule has 0 unspecified atom stereocenters. The number of nitrogens with zero attached hydrogens (tertiary/aromatic N) is 2. The van der Waals surface area contributed by atoms with E-state index < -0.39 is 27.0 Å². The largest absolute Gasteiger partial charge is 0.403 e. The zero-order valence-corrected chi connectivity index (χ0v) is 22.9. The molecule has 10 heteroatoms. The topological polar surface area (TPSA) is 95.3 Å². The number of aromatic nitrogens is 2. The molecular formula is C26H26Cl2N2O5S. The van der Waals surface area contributed by atoms with Crippen LogP contribution in [0.4, 0.5) is 0 Å². The molecule has 4 rings (SSSR count). The predicted octanol–water partition coefficient (Wildman–Crippen LogP) is 5.73. The Morgan fingerprint density at radius 3 is 2.44 bits per heavy atom. The van der Waals surface area contributed by atoms with Crippen molar-refractivity contribution in [2.24, 2.45) is 0 Å². The summed E-state index contributed by atoms with van der Waals surface area (Å²) in [6, 6.07) is 5.99. The van der Waals surface area contributed by atoms with E-state index in [1.165, 1.54) is 29.1 Å². The van der Waals surface area contributed by atoms with Crippen LogP contribution in [0.5, 0.6) is 5.88 Å². The van der Waals surface area contributed by atoms with E-state index in [-0.39, 0.29) is 27.8 Å². The van der Waals surface area contributed by atoms with Gasteiger partial charge in [-0.1, -0.05) is 37.0 Å². The maximum atomic E-state index is 13.8. The van der Waals surface area contributed by atoms with Crippen LogP contribution in [0.3, 0.4) is 0 Å². The number of carbonyl (C=O) groups is 2. The van der Waals surface area contributed by atoms with Gasteiger partial charge >= 0.3 is 5.97 Å². The van der Waals surface area contributed by atoms with Crippen molar-refractivity contribution in [1.82, 2.24) is 9.78 Å². The molecule has 3 aromatic rings. The van der Waals surface area contributed by atoms with Crippen molar-refractivity contribution in [1.29, 1.82) is 0 Å². The molecule has 0 spiro atoms. The number of rotatable bonds is 5. The molecule has 2 aromatic carbocycles. The maximum absolute atomic E-state index is 13.8. The third kappa shape index (κ3) is 4.46. The van der Waals surface area contributed by atoms with E-state index in [2.05, 4.69) is 5.10 Å². The summed E-state index contributed by atoms with van der Waals surface area (Å²) >= 11 is 12.1. The number of esters is 1. The van der Waals surface area contributed by atoms with Gasteiger partial charge in [0, 0.05) is 17.1 Å². The summed E-state index contributed by atoms with van der Waals surface area (Å²) in [4.78, 5) is 27.1. The summed E-state index contributed by atoms with van der Waals surface area (Å²) in [6.45, 7) is 9.58. The Bertz CT molecular complexity index is 1520. The van der Waals surface area contributed by atoms with Gasteiger partial charge in [0.05, 0.1) is 27.4 Å². The SMILES string of the molecule is CCn1ncc(C(=O)c2cc(C)c3c(c2C)C(C)(C)CCS3(=O)=O)c1OC(=O)c1ccc(Cl)cc1Cl. The fourth-order valence-electron chi connectivity index (χ4n) is 4.77. The first-order valence-corrected chi connectivity index (χ1v) is 13.8. The van der Waals surface area contributed by atoms with Crippen LogP contribution in [0.2, 0.25) is 10.0 Å². The first-order valence-electron chi connectivity index (χ1n) is 11.4. The molecule has 0 N–H and O–H groups in total. The lowest BCUT2D eigenvalue weighted by atomic mass is 9.77. The number of sulfone groups is 1. The summed E-state index contributed by atoms with van der Waals surface area (Å²) < 4.78 is 32.9. The third-order valence-corrected chi connectivity index (χ3v) is 9.07. The van der Waals surface area contributed by atoms with Gasteiger partial charge in [-0.3, -0.25) is 4.79 Å². The molecule has 36 heavy (non-hydrogen) atoms. The molecule has 1 aliphatic rings. The number of aryl methyl sites for hydroxylation is 2. The highest BCUT2D eigenvalue weighted by Gasteiger charge is 2.39. The lowest BCUT2D eigenvalue weighted by molar-refractivity contribution is 0.0717. The fourth-order valence-corrected chi connectivity index (χ4v) is 7.52. The second-order valence-corrected chi connectivity index (χ2v) is 12.4. The number of hydrogen-bond acceptors (Lipinski definition) is 6. The lowest BCUT2D eigenvalue weighted by Gasteiger charge is -2.35. The lowest BCUT2D eigenvalue weighted by Crippen LogP contribution is -2.33. The standard InChI is InChI=1S/C26H26Cl2N2O5S/c1-6-30-24(35-25(32)17-8-7-16(27)12-20(17)28)19(13-29-30)22(31)18-11-14(2)23-21(15(18)3)26(4,5)9-10-36(23,33)34/h7-8,11-13H,6,9-10H2,1-5H3. The van der Waals surface area contributed by atoms with Gasteiger partial charge in [0.2, 0.25) is 5.88 Å². The van der Waals surface area contributed by atoms with E-state index in [9.17, 15) is 18.0 Å². The Labute approximate surface area is 220 Å². The first-order chi connectivity index (χ1) is 16.8. The Morgan fingerprint density at radius 2 is 1.81 bits per heavy atom. The monoisotopic (exact) mass is 548 g/mol. The molecule has 0 bridgehead atoms. The summed E-state index contributed by atoms with van der Waals surface area (Å²) in [6.07, 6.45) is 1.81. The predicted molar refractivity (Wildman–Crippen MR) is 138 cm³/mol. The van der Waals surface area contributed by atoms with Gasteiger partial charge in [-0.25, -0.2) is 17.9 Å². The van der Waals surface area contributed by atoms with Crippen molar-refractivity contribution in [2.45, 2.75) is 57.9 Å². The highest BCUT2D eigenvalue weighted by atomic mass is 35.5. The molecule has 1 aliphatic heterocycles. The van der Waals surface area contributed by atoms with Crippen molar-refractivity contribution in [3.63, 3.8) is 0 Å². The number of ether oxygens (including phenoxy) is 1. The third-order valence-electron chi connectivity index (χ3n) is 6.63. The average Bonchev–Trinajstić information content (AvgIpc) is 3.19. The number of halogens is 2. The van der Waals surface area contributed by atoms with E-state index in [0.29, 0.717) is 45.1 Å². The zero-order chi connectivity index (χ0) is 26.6. The summed E-state index contributed by atoms with van der Waals surface area (Å²) in [5, 5.41) is 4.71.